The highest BCUT2D eigenvalue weighted by molar-refractivity contribution is 6.40. The summed E-state index contributed by atoms with van der Waals surface area (Å²) in [5.74, 6) is -0.930. The molecular formula is C15H13Cl2FN2O. The standard InChI is InChI=1S/C15H13Cl2FN2O/c16-12-7-10(18)8-13(17)14(12)20-15(21)11-4-2-1-3-9(11)5-6-19/h1-4,7-8H,5-6,19H2,(H,20,21). The average Bonchev–Trinajstić information content (AvgIpc) is 2.43. The zero-order chi connectivity index (χ0) is 15.4. The molecule has 3 N–H and O–H groups in total. The number of nitrogens with two attached hydrogens (primary N) is 1. The van der Waals surface area contributed by atoms with E-state index in [0.717, 1.165) is 17.7 Å². The molecule has 0 aliphatic heterocycles. The van der Waals surface area contributed by atoms with Gasteiger partial charge in [0.1, 0.15) is 5.82 Å². The number of carbonyl (C=O) groups is 1. The van der Waals surface area contributed by atoms with Crippen LogP contribution >= 0.6 is 23.2 Å². The van der Waals surface area contributed by atoms with E-state index in [2.05, 4.69) is 5.32 Å². The Labute approximate surface area is 131 Å². The molecule has 0 saturated heterocycles. The predicted molar refractivity (Wildman–Crippen MR) is 83.6 cm³/mol. The summed E-state index contributed by atoms with van der Waals surface area (Å²) in [4.78, 5) is 12.3. The van der Waals surface area contributed by atoms with Gasteiger partial charge in [0.05, 0.1) is 15.7 Å². The molecule has 0 aliphatic rings. The molecular weight excluding hydrogens is 314 g/mol. The van der Waals surface area contributed by atoms with Gasteiger partial charge < -0.3 is 11.1 Å². The van der Waals surface area contributed by atoms with Gasteiger partial charge in [0.2, 0.25) is 0 Å². The molecule has 0 radical (unpaired) electrons. The number of amides is 1. The Balaban J connectivity index is 2.31. The van der Waals surface area contributed by atoms with Gasteiger partial charge in [0.15, 0.2) is 0 Å². The number of carbonyl (C=O) groups excluding carboxylic acids is 1. The predicted octanol–water partition coefficient (Wildman–Crippen LogP) is 3.89. The van der Waals surface area contributed by atoms with E-state index in [1.54, 1.807) is 12.1 Å². The SMILES string of the molecule is NCCc1ccccc1C(=O)Nc1c(Cl)cc(F)cc1Cl. The maximum atomic E-state index is 13.1. The zero-order valence-corrected chi connectivity index (χ0v) is 12.5. The molecule has 0 spiro atoms. The van der Waals surface area contributed by atoms with Gasteiger partial charge in [-0.3, -0.25) is 4.79 Å². The molecule has 0 atom stereocenters. The quantitative estimate of drug-likeness (QED) is 0.895. The minimum absolute atomic E-state index is 0.0460. The number of hydrogen-bond acceptors (Lipinski definition) is 2. The van der Waals surface area contributed by atoms with Crippen molar-refractivity contribution in [1.82, 2.24) is 0 Å². The topological polar surface area (TPSA) is 55.1 Å². The number of halogens is 3. The molecule has 2 aromatic rings. The van der Waals surface area contributed by atoms with Crippen LogP contribution in [0.1, 0.15) is 15.9 Å². The lowest BCUT2D eigenvalue weighted by atomic mass is 10.0. The number of anilines is 1. The third kappa shape index (κ3) is 3.73. The molecule has 0 heterocycles. The van der Waals surface area contributed by atoms with Crippen molar-refractivity contribution in [3.8, 4) is 0 Å². The largest absolute Gasteiger partial charge is 0.330 e. The smallest absolute Gasteiger partial charge is 0.256 e. The molecule has 2 aromatic carbocycles. The van der Waals surface area contributed by atoms with Crippen molar-refractivity contribution in [1.29, 1.82) is 0 Å². The molecule has 0 aromatic heterocycles. The zero-order valence-electron chi connectivity index (χ0n) is 11.0. The Morgan fingerprint density at radius 1 is 1.19 bits per heavy atom. The number of benzene rings is 2. The second-order valence-corrected chi connectivity index (χ2v) is 5.21. The van der Waals surface area contributed by atoms with E-state index in [0.29, 0.717) is 18.5 Å². The van der Waals surface area contributed by atoms with E-state index in [9.17, 15) is 9.18 Å². The van der Waals surface area contributed by atoms with Gasteiger partial charge in [-0.15, -0.1) is 0 Å². The molecule has 6 heteroatoms. The fraction of sp³-hybridized carbons (Fsp3) is 0.133. The minimum Gasteiger partial charge on any atom is -0.330 e. The minimum atomic E-state index is -0.563. The van der Waals surface area contributed by atoms with Gasteiger partial charge >= 0.3 is 0 Å². The van der Waals surface area contributed by atoms with Crippen LogP contribution in [0.3, 0.4) is 0 Å². The summed E-state index contributed by atoms with van der Waals surface area (Å²) in [6.45, 7) is 0.433. The molecule has 0 unspecified atom stereocenters. The third-order valence-electron chi connectivity index (χ3n) is 2.92. The molecule has 0 bridgehead atoms. The summed E-state index contributed by atoms with van der Waals surface area (Å²) in [5, 5.41) is 2.70. The second-order valence-electron chi connectivity index (χ2n) is 4.39. The van der Waals surface area contributed by atoms with Crippen molar-refractivity contribution < 1.29 is 9.18 Å². The maximum absolute atomic E-state index is 13.1. The second kappa shape index (κ2) is 6.89. The number of nitrogens with one attached hydrogen (secondary N) is 1. The van der Waals surface area contributed by atoms with Crippen molar-refractivity contribution >= 4 is 34.8 Å². The number of rotatable bonds is 4. The summed E-state index contributed by atoms with van der Waals surface area (Å²) in [6, 6.07) is 9.29. The van der Waals surface area contributed by atoms with E-state index in [-0.39, 0.29) is 21.6 Å². The highest BCUT2D eigenvalue weighted by atomic mass is 35.5. The van der Waals surface area contributed by atoms with Crippen molar-refractivity contribution in [3.05, 3.63) is 63.4 Å². The van der Waals surface area contributed by atoms with E-state index in [1.807, 2.05) is 12.1 Å². The van der Waals surface area contributed by atoms with Crippen molar-refractivity contribution in [2.24, 2.45) is 5.73 Å². The van der Waals surface area contributed by atoms with Gasteiger partial charge in [-0.05, 0) is 36.7 Å². The molecule has 0 fully saturated rings. The Morgan fingerprint density at radius 2 is 1.81 bits per heavy atom. The average molecular weight is 327 g/mol. The monoisotopic (exact) mass is 326 g/mol. The van der Waals surface area contributed by atoms with Gasteiger partial charge in [-0.2, -0.15) is 0 Å². The van der Waals surface area contributed by atoms with Gasteiger partial charge in [0, 0.05) is 5.56 Å². The first-order chi connectivity index (χ1) is 10.0. The van der Waals surface area contributed by atoms with Crippen LogP contribution in [0.2, 0.25) is 10.0 Å². The van der Waals surface area contributed by atoms with Crippen LogP contribution in [0.5, 0.6) is 0 Å². The lowest BCUT2D eigenvalue weighted by molar-refractivity contribution is 0.102. The van der Waals surface area contributed by atoms with Gasteiger partial charge in [-0.1, -0.05) is 41.4 Å². The van der Waals surface area contributed by atoms with Crippen molar-refractivity contribution in [2.75, 3.05) is 11.9 Å². The van der Waals surface area contributed by atoms with Gasteiger partial charge in [-0.25, -0.2) is 4.39 Å². The fourth-order valence-electron chi connectivity index (χ4n) is 1.96. The van der Waals surface area contributed by atoms with Crippen molar-refractivity contribution in [3.63, 3.8) is 0 Å². The third-order valence-corrected chi connectivity index (χ3v) is 3.52. The fourth-order valence-corrected chi connectivity index (χ4v) is 2.51. The summed E-state index contributed by atoms with van der Waals surface area (Å²) in [5.41, 5.74) is 7.03. The molecule has 1 amide bonds. The summed E-state index contributed by atoms with van der Waals surface area (Å²) >= 11 is 11.8. The van der Waals surface area contributed by atoms with Crippen LogP contribution in [0, 0.1) is 5.82 Å². The van der Waals surface area contributed by atoms with Crippen LogP contribution in [-0.4, -0.2) is 12.5 Å². The lowest BCUT2D eigenvalue weighted by Crippen LogP contribution is -2.16. The molecule has 0 aliphatic carbocycles. The van der Waals surface area contributed by atoms with Crippen molar-refractivity contribution in [2.45, 2.75) is 6.42 Å². The summed E-state index contributed by atoms with van der Waals surface area (Å²) < 4.78 is 13.1. The Kier molecular flexibility index (Phi) is 5.17. The first-order valence-electron chi connectivity index (χ1n) is 6.26. The maximum Gasteiger partial charge on any atom is 0.256 e. The molecule has 110 valence electrons. The van der Waals surface area contributed by atoms with Crippen LogP contribution in [0.4, 0.5) is 10.1 Å². The van der Waals surface area contributed by atoms with Crippen LogP contribution in [-0.2, 0) is 6.42 Å². The Hall–Kier alpha value is -1.62. The first kappa shape index (κ1) is 15.8. The van der Waals surface area contributed by atoms with Crippen LogP contribution < -0.4 is 11.1 Å². The lowest BCUT2D eigenvalue weighted by Gasteiger charge is -2.12. The Bertz CT molecular complexity index is 653. The van der Waals surface area contributed by atoms with Crippen LogP contribution in [0.15, 0.2) is 36.4 Å². The van der Waals surface area contributed by atoms with E-state index < -0.39 is 5.82 Å². The number of hydrogen-bond donors (Lipinski definition) is 2. The highest BCUT2D eigenvalue weighted by Gasteiger charge is 2.15. The van der Waals surface area contributed by atoms with Gasteiger partial charge in [0.25, 0.3) is 5.91 Å². The highest BCUT2D eigenvalue weighted by Crippen LogP contribution is 2.31. The van der Waals surface area contributed by atoms with Crippen LogP contribution in [0.25, 0.3) is 0 Å². The normalized spacial score (nSPS) is 10.5. The van der Waals surface area contributed by atoms with E-state index in [1.165, 1.54) is 0 Å². The summed E-state index contributed by atoms with van der Waals surface area (Å²) in [7, 11) is 0. The molecule has 3 nitrogen and oxygen atoms in total. The molecule has 0 saturated carbocycles. The molecule has 21 heavy (non-hydrogen) atoms. The van der Waals surface area contributed by atoms with E-state index in [4.69, 9.17) is 28.9 Å². The Morgan fingerprint density at radius 3 is 2.43 bits per heavy atom. The van der Waals surface area contributed by atoms with E-state index >= 15 is 0 Å². The first-order valence-corrected chi connectivity index (χ1v) is 7.02. The summed E-state index contributed by atoms with van der Waals surface area (Å²) in [6.07, 6.45) is 0.578. The molecule has 2 rings (SSSR count).